The molecule has 2 atom stereocenters. The molecule has 1 nitrogen and oxygen atoms in total. The Morgan fingerprint density at radius 1 is 1.50 bits per heavy atom. The maximum atomic E-state index is 3.49. The highest BCUT2D eigenvalue weighted by Gasteiger charge is 2.13. The van der Waals surface area contributed by atoms with Crippen LogP contribution in [0.1, 0.15) is 33.1 Å². The van der Waals surface area contributed by atoms with Gasteiger partial charge in [-0.25, -0.2) is 0 Å². The summed E-state index contributed by atoms with van der Waals surface area (Å²) in [5.74, 6) is 1.68. The Balaban J connectivity index is 2.12. The molecular formula is C11H21N. The van der Waals surface area contributed by atoms with Crippen LogP contribution in [-0.2, 0) is 0 Å². The van der Waals surface area contributed by atoms with Crippen molar-refractivity contribution in [3.05, 3.63) is 12.2 Å². The van der Waals surface area contributed by atoms with E-state index >= 15 is 0 Å². The van der Waals surface area contributed by atoms with Crippen LogP contribution >= 0.6 is 0 Å². The van der Waals surface area contributed by atoms with E-state index in [1.807, 2.05) is 0 Å². The van der Waals surface area contributed by atoms with Crippen molar-refractivity contribution in [1.29, 1.82) is 0 Å². The normalized spacial score (nSPS) is 29.2. The zero-order chi connectivity index (χ0) is 8.81. The molecule has 0 aromatic rings. The quantitative estimate of drug-likeness (QED) is 0.501. The lowest BCUT2D eigenvalue weighted by Crippen LogP contribution is -2.25. The number of allylic oxidation sites excluding steroid dienone is 2. The first kappa shape index (κ1) is 9.79. The molecule has 0 saturated carbocycles. The van der Waals surface area contributed by atoms with E-state index in [0.717, 1.165) is 11.8 Å². The average Bonchev–Trinajstić information content (AvgIpc) is 2.05. The molecule has 1 aliphatic rings. The fraction of sp³-hybridized carbons (Fsp3) is 0.818. The van der Waals surface area contributed by atoms with Gasteiger partial charge in [0.1, 0.15) is 0 Å². The molecule has 12 heavy (non-hydrogen) atoms. The van der Waals surface area contributed by atoms with Crippen molar-refractivity contribution >= 4 is 0 Å². The van der Waals surface area contributed by atoms with E-state index in [1.165, 1.54) is 32.4 Å². The minimum Gasteiger partial charge on any atom is -0.316 e. The first-order valence-corrected chi connectivity index (χ1v) is 5.20. The molecule has 0 aliphatic heterocycles. The van der Waals surface area contributed by atoms with Gasteiger partial charge in [0.05, 0.1) is 0 Å². The second-order valence-corrected chi connectivity index (χ2v) is 3.95. The summed E-state index contributed by atoms with van der Waals surface area (Å²) in [7, 11) is 0. The molecule has 0 bridgehead atoms. The highest BCUT2D eigenvalue weighted by Crippen LogP contribution is 2.21. The smallest absolute Gasteiger partial charge is 0.00173 e. The monoisotopic (exact) mass is 167 g/mol. The largest absolute Gasteiger partial charge is 0.316 e. The summed E-state index contributed by atoms with van der Waals surface area (Å²) in [6, 6.07) is 0. The predicted octanol–water partition coefficient (Wildman–Crippen LogP) is 2.59. The first-order chi connectivity index (χ1) is 5.83. The molecule has 0 aromatic heterocycles. The third-order valence-electron chi connectivity index (χ3n) is 2.50. The fourth-order valence-electron chi connectivity index (χ4n) is 1.85. The van der Waals surface area contributed by atoms with Gasteiger partial charge in [-0.15, -0.1) is 0 Å². The van der Waals surface area contributed by atoms with Crippen molar-refractivity contribution in [1.82, 2.24) is 5.32 Å². The highest BCUT2D eigenvalue weighted by molar-refractivity contribution is 4.94. The molecule has 0 spiro atoms. The molecule has 0 radical (unpaired) electrons. The third kappa shape index (κ3) is 3.40. The van der Waals surface area contributed by atoms with Gasteiger partial charge < -0.3 is 5.32 Å². The van der Waals surface area contributed by atoms with Crippen LogP contribution in [-0.4, -0.2) is 13.1 Å². The van der Waals surface area contributed by atoms with E-state index in [2.05, 4.69) is 31.3 Å². The van der Waals surface area contributed by atoms with Crippen LogP contribution in [0.5, 0.6) is 0 Å². The van der Waals surface area contributed by atoms with E-state index < -0.39 is 0 Å². The van der Waals surface area contributed by atoms with E-state index in [9.17, 15) is 0 Å². The molecule has 0 unspecified atom stereocenters. The van der Waals surface area contributed by atoms with Crippen LogP contribution in [0.2, 0.25) is 0 Å². The molecule has 1 aliphatic carbocycles. The molecule has 0 fully saturated rings. The van der Waals surface area contributed by atoms with Gasteiger partial charge in [-0.05, 0) is 44.2 Å². The van der Waals surface area contributed by atoms with E-state index in [4.69, 9.17) is 0 Å². The number of nitrogens with one attached hydrogen (secondary N) is 1. The predicted molar refractivity (Wildman–Crippen MR) is 54.2 cm³/mol. The number of hydrogen-bond acceptors (Lipinski definition) is 1. The summed E-state index contributed by atoms with van der Waals surface area (Å²) in [4.78, 5) is 0. The summed E-state index contributed by atoms with van der Waals surface area (Å²) >= 11 is 0. The average molecular weight is 167 g/mol. The Morgan fingerprint density at radius 3 is 3.00 bits per heavy atom. The molecule has 0 saturated heterocycles. The van der Waals surface area contributed by atoms with Crippen molar-refractivity contribution in [3.63, 3.8) is 0 Å². The minimum atomic E-state index is 0.798. The fourth-order valence-corrected chi connectivity index (χ4v) is 1.85. The lowest BCUT2D eigenvalue weighted by Gasteiger charge is -2.22. The Bertz CT molecular complexity index is 140. The van der Waals surface area contributed by atoms with E-state index in [-0.39, 0.29) is 0 Å². The second-order valence-electron chi connectivity index (χ2n) is 3.95. The van der Waals surface area contributed by atoms with Gasteiger partial charge in [0.2, 0.25) is 0 Å². The molecular weight excluding hydrogens is 146 g/mol. The first-order valence-electron chi connectivity index (χ1n) is 5.20. The summed E-state index contributed by atoms with van der Waals surface area (Å²) in [6.45, 7) is 6.91. The van der Waals surface area contributed by atoms with Crippen molar-refractivity contribution in [2.45, 2.75) is 33.1 Å². The van der Waals surface area contributed by atoms with Crippen molar-refractivity contribution in [2.24, 2.45) is 11.8 Å². The van der Waals surface area contributed by atoms with Gasteiger partial charge in [0.25, 0.3) is 0 Å². The molecule has 1 heteroatoms. The van der Waals surface area contributed by atoms with Crippen LogP contribution in [0, 0.1) is 11.8 Å². The van der Waals surface area contributed by atoms with E-state index in [0.29, 0.717) is 0 Å². The van der Waals surface area contributed by atoms with Crippen molar-refractivity contribution in [2.75, 3.05) is 13.1 Å². The lowest BCUT2D eigenvalue weighted by atomic mass is 9.88. The molecule has 70 valence electrons. The Morgan fingerprint density at radius 2 is 2.33 bits per heavy atom. The topological polar surface area (TPSA) is 12.0 Å². The van der Waals surface area contributed by atoms with Crippen molar-refractivity contribution in [3.8, 4) is 0 Å². The summed E-state index contributed by atoms with van der Waals surface area (Å²) in [5.41, 5.74) is 0. The molecule has 0 aromatic carbocycles. The molecule has 1 N–H and O–H groups in total. The zero-order valence-electron chi connectivity index (χ0n) is 8.34. The number of rotatable bonds is 4. The van der Waals surface area contributed by atoms with Gasteiger partial charge in [-0.1, -0.05) is 26.0 Å². The second kappa shape index (κ2) is 5.36. The number of hydrogen-bond donors (Lipinski definition) is 1. The Hall–Kier alpha value is -0.300. The minimum absolute atomic E-state index is 0.798. The Kier molecular flexibility index (Phi) is 4.37. The maximum absolute atomic E-state index is 3.49. The third-order valence-corrected chi connectivity index (χ3v) is 2.50. The summed E-state index contributed by atoms with van der Waals surface area (Å²) < 4.78 is 0. The molecule has 1 rings (SSSR count). The van der Waals surface area contributed by atoms with Crippen LogP contribution in [0.15, 0.2) is 12.2 Å². The summed E-state index contributed by atoms with van der Waals surface area (Å²) in [6.07, 6.45) is 8.58. The summed E-state index contributed by atoms with van der Waals surface area (Å²) in [5, 5.41) is 3.49. The van der Waals surface area contributed by atoms with Gasteiger partial charge >= 0.3 is 0 Å². The Labute approximate surface area is 76.2 Å². The zero-order valence-corrected chi connectivity index (χ0v) is 8.34. The molecule has 0 heterocycles. The van der Waals surface area contributed by atoms with Crippen LogP contribution in [0.4, 0.5) is 0 Å². The van der Waals surface area contributed by atoms with Crippen LogP contribution in [0.25, 0.3) is 0 Å². The highest BCUT2D eigenvalue weighted by atomic mass is 14.8. The maximum Gasteiger partial charge on any atom is -0.00173 e. The standard InChI is InChI=1S/C11H21N/c1-3-7-12-9-11-6-4-5-10(2)8-11/h4-5,10-12H,3,6-9H2,1-2H3/t10-,11+/m1/s1. The van der Waals surface area contributed by atoms with Gasteiger partial charge in [0, 0.05) is 0 Å². The van der Waals surface area contributed by atoms with Gasteiger partial charge in [-0.2, -0.15) is 0 Å². The van der Waals surface area contributed by atoms with Crippen molar-refractivity contribution < 1.29 is 0 Å². The van der Waals surface area contributed by atoms with Gasteiger partial charge in [-0.3, -0.25) is 0 Å². The molecule has 0 amide bonds. The SMILES string of the molecule is CCCNC[C@H]1CC=C[C@@H](C)C1. The van der Waals surface area contributed by atoms with Gasteiger partial charge in [0.15, 0.2) is 0 Å². The van der Waals surface area contributed by atoms with Crippen LogP contribution < -0.4 is 5.32 Å². The van der Waals surface area contributed by atoms with E-state index in [1.54, 1.807) is 0 Å². The lowest BCUT2D eigenvalue weighted by molar-refractivity contribution is 0.392. The van der Waals surface area contributed by atoms with Crippen LogP contribution in [0.3, 0.4) is 0 Å².